The Labute approximate surface area is 318 Å². The number of fused-ring (bicyclic) bond motifs is 5. The summed E-state index contributed by atoms with van der Waals surface area (Å²) in [5.41, 5.74) is 16.5. The molecule has 10 rings (SSSR count). The average Bonchev–Trinajstić information content (AvgIpc) is 3.47. The minimum Gasteiger partial charge on any atom is -0.309 e. The molecule has 0 atom stereocenters. The van der Waals surface area contributed by atoms with Gasteiger partial charge in [-0.2, -0.15) is 0 Å². The molecule has 0 bridgehead atoms. The summed E-state index contributed by atoms with van der Waals surface area (Å²) in [5, 5.41) is 4.98. The largest absolute Gasteiger partial charge is 0.309 e. The summed E-state index contributed by atoms with van der Waals surface area (Å²) in [6, 6.07) is 64.7. The molecule has 8 aromatic carbocycles. The van der Waals surface area contributed by atoms with Crippen molar-refractivity contribution in [1.29, 1.82) is 0 Å². The van der Waals surface area contributed by atoms with Gasteiger partial charge < -0.3 is 4.90 Å². The van der Waals surface area contributed by atoms with Gasteiger partial charge in [-0.05, 0) is 86.2 Å². The van der Waals surface area contributed by atoms with E-state index in [-0.39, 0.29) is 5.41 Å². The lowest BCUT2D eigenvalue weighted by Crippen LogP contribution is -2.17. The molecule has 2 aliphatic rings. The summed E-state index contributed by atoms with van der Waals surface area (Å²) >= 11 is 0. The monoisotopic (exact) mass is 691 g/mol. The third-order valence-electron chi connectivity index (χ3n) is 11.8. The molecule has 0 radical (unpaired) electrons. The second-order valence-corrected chi connectivity index (χ2v) is 15.1. The van der Waals surface area contributed by atoms with E-state index >= 15 is 0 Å². The Kier molecular flexibility index (Phi) is 7.70. The summed E-state index contributed by atoms with van der Waals surface area (Å²) in [5.74, 6) is 0. The van der Waals surface area contributed by atoms with Crippen LogP contribution in [0.4, 0.5) is 17.1 Å². The maximum Gasteiger partial charge on any atom is 0.0540 e. The zero-order chi connectivity index (χ0) is 36.2. The fourth-order valence-electron chi connectivity index (χ4n) is 9.29. The molecule has 0 amide bonds. The van der Waals surface area contributed by atoms with Crippen molar-refractivity contribution in [2.45, 2.75) is 32.1 Å². The molecule has 0 spiro atoms. The number of hydrogen-bond donors (Lipinski definition) is 0. The van der Waals surface area contributed by atoms with E-state index in [9.17, 15) is 0 Å². The van der Waals surface area contributed by atoms with Gasteiger partial charge in [0, 0.05) is 21.9 Å². The Bertz CT molecular complexity index is 2800. The first-order chi connectivity index (χ1) is 26.6. The van der Waals surface area contributed by atoms with Gasteiger partial charge in [-0.25, -0.2) is 0 Å². The van der Waals surface area contributed by atoms with Crippen LogP contribution in [0.25, 0.3) is 60.5 Å². The zero-order valence-corrected chi connectivity index (χ0v) is 30.8. The highest BCUT2D eigenvalue weighted by Gasteiger charge is 2.39. The van der Waals surface area contributed by atoms with Gasteiger partial charge in [0.15, 0.2) is 0 Å². The summed E-state index contributed by atoms with van der Waals surface area (Å²) in [4.78, 5) is 2.54. The molecule has 258 valence electrons. The number of para-hydroxylation sites is 2. The first-order valence-electron chi connectivity index (χ1n) is 19.2. The second-order valence-electron chi connectivity index (χ2n) is 15.1. The number of anilines is 3. The van der Waals surface area contributed by atoms with Gasteiger partial charge in [0.1, 0.15) is 0 Å². The number of nitrogens with zero attached hydrogens (tertiary/aromatic N) is 1. The Hall–Kier alpha value is -6.44. The molecule has 1 heteroatoms. The maximum absolute atomic E-state index is 2.54. The highest BCUT2D eigenvalue weighted by molar-refractivity contribution is 6.14. The van der Waals surface area contributed by atoms with Crippen LogP contribution in [-0.2, 0) is 5.41 Å². The van der Waals surface area contributed by atoms with E-state index < -0.39 is 0 Å². The summed E-state index contributed by atoms with van der Waals surface area (Å²) in [6.45, 7) is 4.83. The number of allylic oxidation sites excluding steroid dienone is 4. The molecular formula is C53H41N. The number of benzene rings is 8. The number of rotatable bonds is 6. The van der Waals surface area contributed by atoms with Crippen molar-refractivity contribution in [1.82, 2.24) is 0 Å². The van der Waals surface area contributed by atoms with Crippen LogP contribution in [0.1, 0.15) is 37.8 Å². The molecule has 0 N–H and O–H groups in total. The first-order valence-corrected chi connectivity index (χ1v) is 19.2. The summed E-state index contributed by atoms with van der Waals surface area (Å²) < 4.78 is 0. The van der Waals surface area contributed by atoms with Gasteiger partial charge in [-0.1, -0.05) is 189 Å². The Balaban J connectivity index is 1.28. The van der Waals surface area contributed by atoms with Crippen LogP contribution in [0.5, 0.6) is 0 Å². The van der Waals surface area contributed by atoms with E-state index in [4.69, 9.17) is 0 Å². The van der Waals surface area contributed by atoms with E-state index in [1.165, 1.54) is 71.6 Å². The van der Waals surface area contributed by atoms with Gasteiger partial charge in [0.25, 0.3) is 0 Å². The van der Waals surface area contributed by atoms with Gasteiger partial charge in [0.05, 0.1) is 17.1 Å². The summed E-state index contributed by atoms with van der Waals surface area (Å²) in [6.07, 6.45) is 6.97. The molecule has 0 aliphatic heterocycles. The SMILES string of the molecule is CC1(C)C2=C(C=CCC2)c2c(-c3ccccc3N(c3ccccc3-c3ccccc3-c3ccccc3)c3cccc4c3ccc3ccccc34)cccc21. The molecule has 0 saturated carbocycles. The highest BCUT2D eigenvalue weighted by atomic mass is 15.1. The van der Waals surface area contributed by atoms with Crippen molar-refractivity contribution < 1.29 is 0 Å². The van der Waals surface area contributed by atoms with Crippen molar-refractivity contribution in [3.05, 3.63) is 205 Å². The molecule has 1 nitrogen and oxygen atoms in total. The minimum atomic E-state index is -0.00942. The molecule has 2 aliphatic carbocycles. The molecule has 8 aromatic rings. The van der Waals surface area contributed by atoms with E-state index in [0.717, 1.165) is 29.9 Å². The number of hydrogen-bond acceptors (Lipinski definition) is 1. The zero-order valence-electron chi connectivity index (χ0n) is 30.8. The maximum atomic E-state index is 2.54. The van der Waals surface area contributed by atoms with Gasteiger partial charge >= 0.3 is 0 Å². The van der Waals surface area contributed by atoms with Crippen LogP contribution in [-0.4, -0.2) is 0 Å². The topological polar surface area (TPSA) is 3.24 Å². The third kappa shape index (κ3) is 5.07. The lowest BCUT2D eigenvalue weighted by molar-refractivity contribution is 0.607. The first kappa shape index (κ1) is 32.2. The smallest absolute Gasteiger partial charge is 0.0540 e. The van der Waals surface area contributed by atoms with Crippen molar-refractivity contribution in [2.75, 3.05) is 4.90 Å². The van der Waals surface area contributed by atoms with E-state index in [2.05, 4.69) is 207 Å². The molecule has 54 heavy (non-hydrogen) atoms. The quantitative estimate of drug-likeness (QED) is 0.157. The molecule has 0 fully saturated rings. The van der Waals surface area contributed by atoms with Crippen LogP contribution < -0.4 is 4.90 Å². The molecule has 0 aromatic heterocycles. The van der Waals surface area contributed by atoms with Crippen LogP contribution in [0, 0.1) is 0 Å². The Morgan fingerprint density at radius 1 is 0.444 bits per heavy atom. The van der Waals surface area contributed by atoms with Crippen molar-refractivity contribution in [3.63, 3.8) is 0 Å². The molecular weight excluding hydrogens is 651 g/mol. The lowest BCUT2D eigenvalue weighted by atomic mass is 9.78. The molecule has 0 saturated heterocycles. The van der Waals surface area contributed by atoms with Gasteiger partial charge in [-0.3, -0.25) is 0 Å². The fraction of sp³-hybridized carbons (Fsp3) is 0.0943. The third-order valence-corrected chi connectivity index (χ3v) is 11.8. The standard InChI is InChI=1S/C53H41N/c1-53(2)47-29-13-10-26-46(47)52-45(28-16-30-48(52)53)43-25-12-15-32-50(43)54(51-33-17-27-41-39-21-7-6-20-37(39)34-35-44(41)51)49-31-14-11-24-42(49)40-23-9-8-22-38(40)36-18-4-3-5-19-36/h3-12,14-28,30-35H,13,29H2,1-2H3. The Morgan fingerprint density at radius 3 is 1.83 bits per heavy atom. The predicted molar refractivity (Wildman–Crippen MR) is 231 cm³/mol. The van der Waals surface area contributed by atoms with Crippen molar-refractivity contribution in [2.24, 2.45) is 0 Å². The lowest BCUT2D eigenvalue weighted by Gasteiger charge is -2.32. The van der Waals surface area contributed by atoms with E-state index in [1.54, 1.807) is 5.57 Å². The minimum absolute atomic E-state index is 0.00942. The van der Waals surface area contributed by atoms with E-state index in [0.29, 0.717) is 0 Å². The van der Waals surface area contributed by atoms with Crippen LogP contribution in [0.2, 0.25) is 0 Å². The summed E-state index contributed by atoms with van der Waals surface area (Å²) in [7, 11) is 0. The van der Waals surface area contributed by atoms with Crippen LogP contribution in [0.15, 0.2) is 194 Å². The van der Waals surface area contributed by atoms with Gasteiger partial charge in [-0.15, -0.1) is 0 Å². The van der Waals surface area contributed by atoms with Crippen molar-refractivity contribution in [3.8, 4) is 33.4 Å². The van der Waals surface area contributed by atoms with Gasteiger partial charge in [0.2, 0.25) is 0 Å². The van der Waals surface area contributed by atoms with Crippen LogP contribution >= 0.6 is 0 Å². The van der Waals surface area contributed by atoms with Crippen molar-refractivity contribution >= 4 is 44.2 Å². The predicted octanol–water partition coefficient (Wildman–Crippen LogP) is 14.9. The van der Waals surface area contributed by atoms with E-state index in [1.807, 2.05) is 0 Å². The Morgan fingerprint density at radius 2 is 1.04 bits per heavy atom. The molecule has 0 unspecified atom stereocenters. The normalized spacial score (nSPS) is 14.3. The molecule has 0 heterocycles. The van der Waals surface area contributed by atoms with Crippen LogP contribution in [0.3, 0.4) is 0 Å². The average molecular weight is 692 g/mol. The second kappa shape index (κ2) is 12.9. The fourth-order valence-corrected chi connectivity index (χ4v) is 9.29. The highest BCUT2D eigenvalue weighted by Crippen LogP contribution is 2.55.